The zero-order valence-corrected chi connectivity index (χ0v) is 12.0. The SMILES string of the molecule is O=C(Cc1ccc(NC(=O)C2CC2)cc1)NCC1CNC1. The molecule has 1 saturated carbocycles. The van der Waals surface area contributed by atoms with E-state index in [1.807, 2.05) is 24.3 Å². The number of amides is 2. The molecule has 112 valence electrons. The van der Waals surface area contributed by atoms with Gasteiger partial charge in [-0.15, -0.1) is 0 Å². The van der Waals surface area contributed by atoms with E-state index >= 15 is 0 Å². The normalized spacial score (nSPS) is 17.9. The van der Waals surface area contributed by atoms with Crippen molar-refractivity contribution in [3.8, 4) is 0 Å². The van der Waals surface area contributed by atoms with E-state index in [0.29, 0.717) is 12.3 Å². The van der Waals surface area contributed by atoms with E-state index in [-0.39, 0.29) is 17.7 Å². The van der Waals surface area contributed by atoms with Gasteiger partial charge < -0.3 is 16.0 Å². The molecule has 21 heavy (non-hydrogen) atoms. The molecule has 0 aromatic heterocycles. The van der Waals surface area contributed by atoms with E-state index in [1.54, 1.807) is 0 Å². The van der Waals surface area contributed by atoms with E-state index in [2.05, 4.69) is 16.0 Å². The van der Waals surface area contributed by atoms with Crippen LogP contribution < -0.4 is 16.0 Å². The van der Waals surface area contributed by atoms with Gasteiger partial charge in [0, 0.05) is 37.2 Å². The minimum Gasteiger partial charge on any atom is -0.355 e. The molecular formula is C16H21N3O2. The summed E-state index contributed by atoms with van der Waals surface area (Å²) in [7, 11) is 0. The highest BCUT2D eigenvalue weighted by Crippen LogP contribution is 2.30. The first-order valence-corrected chi connectivity index (χ1v) is 7.58. The molecule has 0 unspecified atom stereocenters. The first-order chi connectivity index (χ1) is 10.2. The van der Waals surface area contributed by atoms with Crippen LogP contribution in [0.4, 0.5) is 5.69 Å². The van der Waals surface area contributed by atoms with Gasteiger partial charge in [0.25, 0.3) is 0 Å². The third kappa shape index (κ3) is 4.04. The Balaban J connectivity index is 1.44. The van der Waals surface area contributed by atoms with Gasteiger partial charge in [-0.05, 0) is 30.5 Å². The summed E-state index contributed by atoms with van der Waals surface area (Å²) in [6.07, 6.45) is 2.39. The zero-order valence-electron chi connectivity index (χ0n) is 12.0. The Labute approximate surface area is 124 Å². The summed E-state index contributed by atoms with van der Waals surface area (Å²) in [6.45, 7) is 2.74. The second-order valence-electron chi connectivity index (χ2n) is 5.97. The number of carbonyl (C=O) groups excluding carboxylic acids is 2. The summed E-state index contributed by atoms with van der Waals surface area (Å²) in [4.78, 5) is 23.5. The summed E-state index contributed by atoms with van der Waals surface area (Å²) in [6, 6.07) is 7.51. The van der Waals surface area contributed by atoms with Crippen molar-refractivity contribution in [3.05, 3.63) is 29.8 Å². The molecule has 1 aliphatic carbocycles. The monoisotopic (exact) mass is 287 g/mol. The minimum absolute atomic E-state index is 0.0525. The third-order valence-corrected chi connectivity index (χ3v) is 3.99. The number of hydrogen-bond donors (Lipinski definition) is 3. The highest BCUT2D eigenvalue weighted by atomic mass is 16.2. The molecule has 1 aromatic carbocycles. The Morgan fingerprint density at radius 3 is 2.43 bits per heavy atom. The standard InChI is InChI=1S/C16H21N3O2/c20-15(18-10-12-8-17-9-12)7-11-1-5-14(6-2-11)19-16(21)13-3-4-13/h1-2,5-6,12-13,17H,3-4,7-10H2,(H,18,20)(H,19,21). The smallest absolute Gasteiger partial charge is 0.227 e. The quantitative estimate of drug-likeness (QED) is 0.728. The first kappa shape index (κ1) is 14.1. The molecule has 5 nitrogen and oxygen atoms in total. The van der Waals surface area contributed by atoms with Crippen molar-refractivity contribution in [1.82, 2.24) is 10.6 Å². The average Bonchev–Trinajstić information content (AvgIpc) is 3.23. The number of hydrogen-bond acceptors (Lipinski definition) is 3. The van der Waals surface area contributed by atoms with Gasteiger partial charge in [-0.1, -0.05) is 12.1 Å². The lowest BCUT2D eigenvalue weighted by Gasteiger charge is -2.27. The molecule has 2 amide bonds. The summed E-state index contributed by atoms with van der Waals surface area (Å²) >= 11 is 0. The van der Waals surface area contributed by atoms with Crippen LogP contribution in [-0.2, 0) is 16.0 Å². The van der Waals surface area contributed by atoms with E-state index in [1.165, 1.54) is 0 Å². The number of nitrogens with one attached hydrogen (secondary N) is 3. The molecular weight excluding hydrogens is 266 g/mol. The Bertz CT molecular complexity index is 519. The van der Waals surface area contributed by atoms with E-state index < -0.39 is 0 Å². The van der Waals surface area contributed by atoms with Gasteiger partial charge in [0.1, 0.15) is 0 Å². The van der Waals surface area contributed by atoms with Gasteiger partial charge in [-0.3, -0.25) is 9.59 Å². The van der Waals surface area contributed by atoms with Gasteiger partial charge >= 0.3 is 0 Å². The second-order valence-corrected chi connectivity index (χ2v) is 5.97. The highest BCUT2D eigenvalue weighted by Gasteiger charge is 2.29. The summed E-state index contributed by atoms with van der Waals surface area (Å²) in [5.41, 5.74) is 1.76. The summed E-state index contributed by atoms with van der Waals surface area (Å²) in [5, 5.41) is 9.03. The molecule has 0 atom stereocenters. The fourth-order valence-electron chi connectivity index (χ4n) is 2.29. The van der Waals surface area contributed by atoms with Crippen LogP contribution >= 0.6 is 0 Å². The number of benzene rings is 1. The van der Waals surface area contributed by atoms with Crippen LogP contribution in [0.2, 0.25) is 0 Å². The molecule has 0 radical (unpaired) electrons. The molecule has 0 bridgehead atoms. The minimum atomic E-state index is 0.0525. The molecule has 1 heterocycles. The van der Waals surface area contributed by atoms with Crippen molar-refractivity contribution >= 4 is 17.5 Å². The van der Waals surface area contributed by atoms with Crippen LogP contribution in [0.3, 0.4) is 0 Å². The number of anilines is 1. The van der Waals surface area contributed by atoms with E-state index in [0.717, 1.165) is 43.7 Å². The molecule has 2 aliphatic rings. The van der Waals surface area contributed by atoms with E-state index in [9.17, 15) is 9.59 Å². The Morgan fingerprint density at radius 1 is 1.14 bits per heavy atom. The lowest BCUT2D eigenvalue weighted by atomic mass is 10.0. The van der Waals surface area contributed by atoms with Crippen molar-refractivity contribution in [3.63, 3.8) is 0 Å². The fourth-order valence-corrected chi connectivity index (χ4v) is 2.29. The second kappa shape index (κ2) is 6.26. The number of carbonyl (C=O) groups is 2. The molecule has 3 N–H and O–H groups in total. The largest absolute Gasteiger partial charge is 0.355 e. The highest BCUT2D eigenvalue weighted by molar-refractivity contribution is 5.94. The van der Waals surface area contributed by atoms with Crippen LogP contribution in [0.5, 0.6) is 0 Å². The maximum absolute atomic E-state index is 11.8. The lowest BCUT2D eigenvalue weighted by molar-refractivity contribution is -0.120. The fraction of sp³-hybridized carbons (Fsp3) is 0.500. The maximum Gasteiger partial charge on any atom is 0.227 e. The molecule has 3 rings (SSSR count). The summed E-state index contributed by atoms with van der Waals surface area (Å²) < 4.78 is 0. The van der Waals surface area contributed by atoms with E-state index in [4.69, 9.17) is 0 Å². The van der Waals surface area contributed by atoms with Crippen LogP contribution in [-0.4, -0.2) is 31.4 Å². The zero-order chi connectivity index (χ0) is 14.7. The number of rotatable bonds is 6. The molecule has 5 heteroatoms. The Hall–Kier alpha value is -1.88. The van der Waals surface area contributed by atoms with Crippen LogP contribution in [0.25, 0.3) is 0 Å². The maximum atomic E-state index is 11.8. The van der Waals surface area contributed by atoms with Crippen molar-refractivity contribution in [2.24, 2.45) is 11.8 Å². The van der Waals surface area contributed by atoms with Crippen molar-refractivity contribution in [1.29, 1.82) is 0 Å². The van der Waals surface area contributed by atoms with Crippen molar-refractivity contribution < 1.29 is 9.59 Å². The molecule has 2 fully saturated rings. The Morgan fingerprint density at radius 2 is 1.86 bits per heavy atom. The van der Waals surface area contributed by atoms with Crippen LogP contribution in [0.1, 0.15) is 18.4 Å². The summed E-state index contributed by atoms with van der Waals surface area (Å²) in [5.74, 6) is 0.941. The van der Waals surface area contributed by atoms with Gasteiger partial charge in [0.2, 0.25) is 11.8 Å². The van der Waals surface area contributed by atoms with Gasteiger partial charge in [0.05, 0.1) is 6.42 Å². The van der Waals surface area contributed by atoms with Crippen LogP contribution in [0, 0.1) is 11.8 Å². The Kier molecular flexibility index (Phi) is 4.20. The molecule has 1 saturated heterocycles. The molecule has 1 aliphatic heterocycles. The van der Waals surface area contributed by atoms with Gasteiger partial charge in [-0.2, -0.15) is 0 Å². The van der Waals surface area contributed by atoms with Crippen LogP contribution in [0.15, 0.2) is 24.3 Å². The first-order valence-electron chi connectivity index (χ1n) is 7.58. The van der Waals surface area contributed by atoms with Gasteiger partial charge in [0.15, 0.2) is 0 Å². The predicted octanol–water partition coefficient (Wildman–Crippen LogP) is 0.913. The predicted molar refractivity (Wildman–Crippen MR) is 80.9 cm³/mol. The topological polar surface area (TPSA) is 70.2 Å². The third-order valence-electron chi connectivity index (χ3n) is 3.99. The van der Waals surface area contributed by atoms with Crippen molar-refractivity contribution in [2.75, 3.05) is 25.0 Å². The van der Waals surface area contributed by atoms with Gasteiger partial charge in [-0.25, -0.2) is 0 Å². The molecule has 1 aromatic rings. The average molecular weight is 287 g/mol. The molecule has 0 spiro atoms. The van der Waals surface area contributed by atoms with Crippen molar-refractivity contribution in [2.45, 2.75) is 19.3 Å². The lowest BCUT2D eigenvalue weighted by Crippen LogP contribution is -2.48.